The van der Waals surface area contributed by atoms with E-state index in [9.17, 15) is 0 Å². The first-order valence-electron chi connectivity index (χ1n) is 7.90. The number of hydrogen-bond donors (Lipinski definition) is 2. The van der Waals surface area contributed by atoms with Gasteiger partial charge in [-0.3, -0.25) is 4.99 Å². The van der Waals surface area contributed by atoms with Gasteiger partial charge in [0.25, 0.3) is 0 Å². The van der Waals surface area contributed by atoms with Crippen molar-refractivity contribution in [3.8, 4) is 0 Å². The van der Waals surface area contributed by atoms with E-state index >= 15 is 0 Å². The molecule has 6 heteroatoms. The van der Waals surface area contributed by atoms with Crippen LogP contribution in [0.5, 0.6) is 0 Å². The number of fused-ring (bicyclic) bond motifs is 1. The molecule has 1 aromatic carbocycles. The molecule has 2 aliphatic rings. The molecule has 6 nitrogen and oxygen atoms in total. The van der Waals surface area contributed by atoms with Crippen molar-refractivity contribution in [2.45, 2.75) is 18.9 Å². The quantitative estimate of drug-likeness (QED) is 0.908. The second kappa shape index (κ2) is 5.96. The molecule has 2 aromatic rings. The number of allylic oxidation sites excluding steroid dienone is 1. The summed E-state index contributed by atoms with van der Waals surface area (Å²) < 4.78 is 5.52. The minimum Gasteiger partial charge on any atom is -0.379 e. The number of aromatic nitrogens is 2. The number of nitrogens with two attached hydrogens (primary N) is 1. The van der Waals surface area contributed by atoms with E-state index in [0.29, 0.717) is 6.61 Å². The van der Waals surface area contributed by atoms with Crippen LogP contribution in [0.3, 0.4) is 0 Å². The first-order chi connectivity index (χ1) is 11.3. The Morgan fingerprint density at radius 3 is 3.00 bits per heavy atom. The van der Waals surface area contributed by atoms with Crippen molar-refractivity contribution in [3.05, 3.63) is 29.8 Å². The molecule has 0 bridgehead atoms. The molecule has 0 spiro atoms. The highest BCUT2D eigenvalue weighted by Crippen LogP contribution is 2.27. The average Bonchev–Trinajstić information content (AvgIpc) is 3.09. The molecule has 0 amide bonds. The van der Waals surface area contributed by atoms with E-state index in [2.05, 4.69) is 38.5 Å². The smallest absolute Gasteiger partial charge is 0.222 e. The zero-order valence-corrected chi connectivity index (χ0v) is 12.8. The molecular formula is C17H19N5O. The van der Waals surface area contributed by atoms with Gasteiger partial charge in [-0.05, 0) is 42.2 Å². The van der Waals surface area contributed by atoms with Crippen LogP contribution in [0, 0.1) is 0 Å². The van der Waals surface area contributed by atoms with Crippen LogP contribution < -0.4 is 11.1 Å². The summed E-state index contributed by atoms with van der Waals surface area (Å²) in [6.07, 6.45) is 6.01. The minimum absolute atomic E-state index is 0.270. The Labute approximate surface area is 134 Å². The van der Waals surface area contributed by atoms with Crippen molar-refractivity contribution >= 4 is 34.5 Å². The lowest BCUT2D eigenvalue weighted by molar-refractivity contribution is 0.0875. The summed E-state index contributed by atoms with van der Waals surface area (Å²) in [5.74, 6) is 1.07. The Morgan fingerprint density at radius 1 is 1.26 bits per heavy atom. The molecule has 0 aliphatic carbocycles. The number of aliphatic imine (C=N–C) groups is 1. The maximum absolute atomic E-state index is 5.90. The predicted octanol–water partition coefficient (Wildman–Crippen LogP) is 2.27. The standard InChI is InChI=1S/C17H19N5O/c18-17-21-15-8-11(12-5-6-19-9-12)3-4-14(15)16(22-17)20-13-2-1-7-23-10-13/h3-6,8,13H,1-2,7,9-10H2,(H3,18,20,21,22). The third kappa shape index (κ3) is 2.90. The zero-order chi connectivity index (χ0) is 15.6. The Kier molecular flexibility index (Phi) is 3.67. The molecule has 0 saturated carbocycles. The van der Waals surface area contributed by atoms with Gasteiger partial charge in [0.15, 0.2) is 0 Å². The summed E-state index contributed by atoms with van der Waals surface area (Å²) in [7, 11) is 0. The molecule has 0 radical (unpaired) electrons. The van der Waals surface area contributed by atoms with E-state index in [0.717, 1.165) is 48.3 Å². The van der Waals surface area contributed by atoms with E-state index < -0.39 is 0 Å². The first-order valence-corrected chi connectivity index (χ1v) is 7.90. The zero-order valence-electron chi connectivity index (χ0n) is 12.8. The van der Waals surface area contributed by atoms with Gasteiger partial charge in [-0.15, -0.1) is 0 Å². The third-order valence-electron chi connectivity index (χ3n) is 4.23. The highest BCUT2D eigenvalue weighted by atomic mass is 16.5. The lowest BCUT2D eigenvalue weighted by Gasteiger charge is -2.24. The number of anilines is 2. The molecule has 1 atom stereocenters. The number of benzene rings is 1. The van der Waals surface area contributed by atoms with Crippen LogP contribution in [0.2, 0.25) is 0 Å². The topological polar surface area (TPSA) is 85.4 Å². The highest BCUT2D eigenvalue weighted by molar-refractivity contribution is 5.95. The van der Waals surface area contributed by atoms with E-state index in [1.807, 2.05) is 12.3 Å². The van der Waals surface area contributed by atoms with Gasteiger partial charge in [0.1, 0.15) is 5.82 Å². The molecule has 3 heterocycles. The second-order valence-electron chi connectivity index (χ2n) is 5.90. The molecule has 118 valence electrons. The monoisotopic (exact) mass is 309 g/mol. The van der Waals surface area contributed by atoms with Crippen molar-refractivity contribution in [3.63, 3.8) is 0 Å². The van der Waals surface area contributed by atoms with E-state index in [-0.39, 0.29) is 12.0 Å². The van der Waals surface area contributed by atoms with E-state index in [1.54, 1.807) is 0 Å². The lowest BCUT2D eigenvalue weighted by Crippen LogP contribution is -2.30. The Balaban J connectivity index is 1.69. The molecule has 23 heavy (non-hydrogen) atoms. The third-order valence-corrected chi connectivity index (χ3v) is 4.23. The maximum atomic E-state index is 5.90. The Bertz CT molecular complexity index is 793. The van der Waals surface area contributed by atoms with Crippen LogP contribution >= 0.6 is 0 Å². The van der Waals surface area contributed by atoms with Crippen LogP contribution in [-0.4, -0.2) is 42.0 Å². The van der Waals surface area contributed by atoms with Crippen LogP contribution in [0.4, 0.5) is 11.8 Å². The SMILES string of the molecule is Nc1nc(NC2CCCOC2)c2ccc(C3=CC=NC3)cc2n1. The van der Waals surface area contributed by atoms with Crippen LogP contribution in [-0.2, 0) is 4.74 Å². The summed E-state index contributed by atoms with van der Waals surface area (Å²) in [4.78, 5) is 13.0. The molecule has 1 fully saturated rings. The van der Waals surface area contributed by atoms with Crippen molar-refractivity contribution in [1.82, 2.24) is 9.97 Å². The van der Waals surface area contributed by atoms with E-state index in [1.165, 1.54) is 5.57 Å². The minimum atomic E-state index is 0.270. The largest absolute Gasteiger partial charge is 0.379 e. The fourth-order valence-electron chi connectivity index (χ4n) is 3.04. The molecule has 4 rings (SSSR count). The molecule has 2 aliphatic heterocycles. The molecule has 1 saturated heterocycles. The van der Waals surface area contributed by atoms with E-state index in [4.69, 9.17) is 10.5 Å². The summed E-state index contributed by atoms with van der Waals surface area (Å²) in [6.45, 7) is 2.26. The van der Waals surface area contributed by atoms with Crippen molar-refractivity contribution in [2.24, 2.45) is 4.99 Å². The normalized spacial score (nSPS) is 20.7. The van der Waals surface area contributed by atoms with Crippen LogP contribution in [0.25, 0.3) is 16.5 Å². The van der Waals surface area contributed by atoms with Gasteiger partial charge in [0.05, 0.1) is 24.7 Å². The summed E-state index contributed by atoms with van der Waals surface area (Å²) >= 11 is 0. The average molecular weight is 309 g/mol. The van der Waals surface area contributed by atoms with Crippen molar-refractivity contribution in [1.29, 1.82) is 0 Å². The van der Waals surface area contributed by atoms with Gasteiger partial charge in [-0.1, -0.05) is 6.07 Å². The summed E-state index contributed by atoms with van der Waals surface area (Å²) in [6, 6.07) is 6.46. The van der Waals surface area contributed by atoms with Gasteiger partial charge < -0.3 is 15.8 Å². The van der Waals surface area contributed by atoms with Gasteiger partial charge >= 0.3 is 0 Å². The second-order valence-corrected chi connectivity index (χ2v) is 5.90. The number of nitrogens with zero attached hydrogens (tertiary/aromatic N) is 3. The molecule has 3 N–H and O–H groups in total. The number of nitrogen functional groups attached to an aromatic ring is 1. The fraction of sp³-hybridized carbons (Fsp3) is 0.353. The lowest BCUT2D eigenvalue weighted by atomic mass is 10.0. The van der Waals surface area contributed by atoms with Gasteiger partial charge in [-0.25, -0.2) is 4.98 Å². The Hall–Kier alpha value is -2.47. The van der Waals surface area contributed by atoms with Gasteiger partial charge in [0, 0.05) is 18.2 Å². The number of rotatable bonds is 3. The first kappa shape index (κ1) is 14.1. The predicted molar refractivity (Wildman–Crippen MR) is 92.8 cm³/mol. The molecule has 1 unspecified atom stereocenters. The van der Waals surface area contributed by atoms with Gasteiger partial charge in [0.2, 0.25) is 5.95 Å². The summed E-state index contributed by atoms with van der Waals surface area (Å²) in [5.41, 5.74) is 9.07. The maximum Gasteiger partial charge on any atom is 0.222 e. The van der Waals surface area contributed by atoms with Crippen LogP contribution in [0.1, 0.15) is 18.4 Å². The fourth-order valence-corrected chi connectivity index (χ4v) is 3.04. The number of hydrogen-bond acceptors (Lipinski definition) is 6. The van der Waals surface area contributed by atoms with Crippen molar-refractivity contribution in [2.75, 3.05) is 30.8 Å². The Morgan fingerprint density at radius 2 is 2.22 bits per heavy atom. The molecular weight excluding hydrogens is 290 g/mol. The summed E-state index contributed by atoms with van der Waals surface area (Å²) in [5, 5.41) is 4.44. The van der Waals surface area contributed by atoms with Crippen LogP contribution in [0.15, 0.2) is 29.3 Å². The highest BCUT2D eigenvalue weighted by Gasteiger charge is 2.16. The number of ether oxygens (including phenoxy) is 1. The van der Waals surface area contributed by atoms with Crippen molar-refractivity contribution < 1.29 is 4.74 Å². The molecule has 1 aromatic heterocycles. The van der Waals surface area contributed by atoms with Gasteiger partial charge in [-0.2, -0.15) is 4.98 Å². The number of nitrogens with one attached hydrogen (secondary N) is 1.